The van der Waals surface area contributed by atoms with Gasteiger partial charge in [-0.2, -0.15) is 0 Å². The van der Waals surface area contributed by atoms with Gasteiger partial charge in [0, 0.05) is 41.6 Å². The Labute approximate surface area is 190 Å². The van der Waals surface area contributed by atoms with Crippen LogP contribution in [0.4, 0.5) is 5.82 Å². The van der Waals surface area contributed by atoms with Gasteiger partial charge in [-0.05, 0) is 48.4 Å². The average molecular weight is 449 g/mol. The van der Waals surface area contributed by atoms with Crippen molar-refractivity contribution in [1.29, 1.82) is 0 Å². The van der Waals surface area contributed by atoms with E-state index in [0.717, 1.165) is 30.6 Å². The largest absolute Gasteiger partial charge is 0.507 e. The Morgan fingerprint density at radius 3 is 2.91 bits per heavy atom. The van der Waals surface area contributed by atoms with Crippen molar-refractivity contribution in [2.45, 2.75) is 13.0 Å². The second kappa shape index (κ2) is 8.80. The van der Waals surface area contributed by atoms with E-state index < -0.39 is 0 Å². The van der Waals surface area contributed by atoms with Gasteiger partial charge in [0.05, 0.1) is 12.0 Å². The number of para-hydroxylation sites is 1. The third-order valence-corrected chi connectivity index (χ3v) is 5.46. The van der Waals surface area contributed by atoms with Crippen LogP contribution in [0.25, 0.3) is 22.4 Å². The second-order valence-corrected chi connectivity index (χ2v) is 7.84. The first-order valence-electron chi connectivity index (χ1n) is 10.3. The predicted octanol–water partition coefficient (Wildman–Crippen LogP) is 5.20. The molecule has 7 nitrogen and oxygen atoms in total. The van der Waals surface area contributed by atoms with Gasteiger partial charge >= 0.3 is 0 Å². The SMILES string of the molecule is Oc1ccc(Cl)cc1-c1cc(-c2cccc3c2OCO3)cc(NCCCn2ccnc2)n1. The summed E-state index contributed by atoms with van der Waals surface area (Å²) in [4.78, 5) is 8.81. The van der Waals surface area contributed by atoms with Crippen molar-refractivity contribution in [3.8, 4) is 39.6 Å². The van der Waals surface area contributed by atoms with Crippen LogP contribution in [-0.4, -0.2) is 33.0 Å². The number of anilines is 1. The van der Waals surface area contributed by atoms with Gasteiger partial charge in [-0.15, -0.1) is 0 Å². The van der Waals surface area contributed by atoms with Gasteiger partial charge in [0.2, 0.25) is 6.79 Å². The Kier molecular flexibility index (Phi) is 5.56. The molecule has 32 heavy (non-hydrogen) atoms. The van der Waals surface area contributed by atoms with E-state index in [0.29, 0.717) is 33.6 Å². The number of nitrogens with zero attached hydrogens (tertiary/aromatic N) is 3. The van der Waals surface area contributed by atoms with E-state index in [4.69, 9.17) is 26.1 Å². The van der Waals surface area contributed by atoms with Crippen LogP contribution in [0.15, 0.2) is 67.3 Å². The summed E-state index contributed by atoms with van der Waals surface area (Å²) in [7, 11) is 0. The Balaban J connectivity index is 1.49. The molecule has 1 aliphatic rings. The maximum absolute atomic E-state index is 10.4. The lowest BCUT2D eigenvalue weighted by molar-refractivity contribution is 0.174. The molecule has 8 heteroatoms. The molecule has 4 aromatic rings. The van der Waals surface area contributed by atoms with Crippen molar-refractivity contribution in [2.24, 2.45) is 0 Å². The number of hydrogen-bond acceptors (Lipinski definition) is 6. The summed E-state index contributed by atoms with van der Waals surface area (Å²) in [6, 6.07) is 14.6. The normalized spacial score (nSPS) is 12.2. The van der Waals surface area contributed by atoms with Gasteiger partial charge in [0.15, 0.2) is 11.5 Å². The van der Waals surface area contributed by atoms with E-state index in [1.54, 1.807) is 30.7 Å². The molecule has 0 unspecified atom stereocenters. The molecule has 1 aliphatic heterocycles. The van der Waals surface area contributed by atoms with Crippen LogP contribution in [0.1, 0.15) is 6.42 Å². The minimum absolute atomic E-state index is 0.114. The van der Waals surface area contributed by atoms with E-state index in [1.807, 2.05) is 41.1 Å². The van der Waals surface area contributed by atoms with Crippen molar-refractivity contribution in [2.75, 3.05) is 18.7 Å². The van der Waals surface area contributed by atoms with Crippen molar-refractivity contribution in [3.63, 3.8) is 0 Å². The molecule has 2 N–H and O–H groups in total. The molecule has 0 atom stereocenters. The molecule has 0 bridgehead atoms. The number of aryl methyl sites for hydroxylation is 1. The van der Waals surface area contributed by atoms with Crippen LogP contribution in [0.2, 0.25) is 5.02 Å². The average Bonchev–Trinajstić information content (AvgIpc) is 3.50. The van der Waals surface area contributed by atoms with Gasteiger partial charge in [-0.3, -0.25) is 0 Å². The third kappa shape index (κ3) is 4.20. The molecular weight excluding hydrogens is 428 g/mol. The van der Waals surface area contributed by atoms with Crippen molar-refractivity contribution >= 4 is 17.4 Å². The number of nitrogens with one attached hydrogen (secondary N) is 1. The molecule has 162 valence electrons. The van der Waals surface area contributed by atoms with E-state index >= 15 is 0 Å². The van der Waals surface area contributed by atoms with Crippen LogP contribution < -0.4 is 14.8 Å². The van der Waals surface area contributed by atoms with Crippen LogP contribution in [0, 0.1) is 0 Å². The number of rotatable bonds is 7. The fourth-order valence-electron chi connectivity index (χ4n) is 3.68. The number of fused-ring (bicyclic) bond motifs is 1. The predicted molar refractivity (Wildman–Crippen MR) is 123 cm³/mol. The molecule has 0 fully saturated rings. The zero-order chi connectivity index (χ0) is 21.9. The highest BCUT2D eigenvalue weighted by Gasteiger charge is 2.20. The molecule has 5 rings (SSSR count). The number of aromatic hydroxyl groups is 1. The van der Waals surface area contributed by atoms with E-state index in [1.165, 1.54) is 0 Å². The molecule has 0 spiro atoms. The first-order chi connectivity index (χ1) is 15.7. The fraction of sp³-hybridized carbons (Fsp3) is 0.167. The lowest BCUT2D eigenvalue weighted by Crippen LogP contribution is -2.07. The molecule has 0 saturated carbocycles. The third-order valence-electron chi connectivity index (χ3n) is 5.23. The molecule has 3 heterocycles. The van der Waals surface area contributed by atoms with Crippen molar-refractivity contribution in [3.05, 3.63) is 72.3 Å². The standard InChI is InChI=1S/C24H21ClN4O3/c25-17-5-6-21(30)19(13-17)20-11-16(18-3-1-4-22-24(18)32-15-31-22)12-23(28-20)27-7-2-9-29-10-8-26-14-29/h1,3-6,8,10-14,30H,2,7,9,15H2,(H,27,28). The molecule has 2 aromatic heterocycles. The highest BCUT2D eigenvalue weighted by Crippen LogP contribution is 2.43. The Hall–Kier alpha value is -3.71. The molecule has 0 aliphatic carbocycles. The van der Waals surface area contributed by atoms with Crippen LogP contribution in [0.3, 0.4) is 0 Å². The van der Waals surface area contributed by atoms with Gasteiger partial charge < -0.3 is 24.5 Å². The van der Waals surface area contributed by atoms with Crippen molar-refractivity contribution < 1.29 is 14.6 Å². The van der Waals surface area contributed by atoms with Gasteiger partial charge in [-0.1, -0.05) is 23.7 Å². The molecule has 0 saturated heterocycles. The first kappa shape index (κ1) is 20.2. The van der Waals surface area contributed by atoms with Gasteiger partial charge in [0.25, 0.3) is 0 Å². The quantitative estimate of drug-likeness (QED) is 0.378. The lowest BCUT2D eigenvalue weighted by atomic mass is 10.0. The highest BCUT2D eigenvalue weighted by molar-refractivity contribution is 6.31. The summed E-state index contributed by atoms with van der Waals surface area (Å²) in [6.45, 7) is 1.77. The zero-order valence-corrected chi connectivity index (χ0v) is 17.9. The summed E-state index contributed by atoms with van der Waals surface area (Å²) in [6.07, 6.45) is 6.41. The maximum atomic E-state index is 10.4. The minimum Gasteiger partial charge on any atom is -0.507 e. The van der Waals surface area contributed by atoms with Gasteiger partial charge in [-0.25, -0.2) is 9.97 Å². The van der Waals surface area contributed by atoms with E-state index in [9.17, 15) is 5.11 Å². The first-order valence-corrected chi connectivity index (χ1v) is 10.6. The molecule has 0 amide bonds. The number of halogens is 1. The minimum atomic E-state index is 0.114. The number of aromatic nitrogens is 3. The Morgan fingerprint density at radius 2 is 2.03 bits per heavy atom. The molecule has 0 radical (unpaired) electrons. The number of ether oxygens (including phenoxy) is 2. The van der Waals surface area contributed by atoms with E-state index in [2.05, 4.69) is 10.3 Å². The number of benzene rings is 2. The monoisotopic (exact) mass is 448 g/mol. The van der Waals surface area contributed by atoms with Crippen LogP contribution in [0.5, 0.6) is 17.2 Å². The number of hydrogen-bond donors (Lipinski definition) is 2. The summed E-state index contributed by atoms with van der Waals surface area (Å²) < 4.78 is 13.3. The Morgan fingerprint density at radius 1 is 1.09 bits per heavy atom. The number of phenols is 1. The second-order valence-electron chi connectivity index (χ2n) is 7.41. The lowest BCUT2D eigenvalue weighted by Gasteiger charge is -2.13. The van der Waals surface area contributed by atoms with E-state index in [-0.39, 0.29) is 12.5 Å². The van der Waals surface area contributed by atoms with Crippen molar-refractivity contribution in [1.82, 2.24) is 14.5 Å². The summed E-state index contributed by atoms with van der Waals surface area (Å²) in [5, 5.41) is 14.4. The molecular formula is C24H21ClN4O3. The highest BCUT2D eigenvalue weighted by atomic mass is 35.5. The fourth-order valence-corrected chi connectivity index (χ4v) is 3.85. The smallest absolute Gasteiger partial charge is 0.231 e. The topological polar surface area (TPSA) is 81.4 Å². The maximum Gasteiger partial charge on any atom is 0.231 e. The summed E-state index contributed by atoms with van der Waals surface area (Å²) in [5.74, 6) is 2.22. The molecule has 2 aromatic carbocycles. The summed E-state index contributed by atoms with van der Waals surface area (Å²) >= 11 is 6.19. The van der Waals surface area contributed by atoms with Crippen LogP contribution >= 0.6 is 11.6 Å². The zero-order valence-electron chi connectivity index (χ0n) is 17.2. The Bertz CT molecular complexity index is 1240. The van der Waals surface area contributed by atoms with Crippen LogP contribution in [-0.2, 0) is 6.54 Å². The number of imidazole rings is 1. The number of pyridine rings is 1. The number of phenolic OH excluding ortho intramolecular Hbond substituents is 1. The summed E-state index contributed by atoms with van der Waals surface area (Å²) in [5.41, 5.74) is 2.96. The van der Waals surface area contributed by atoms with Gasteiger partial charge in [0.1, 0.15) is 11.6 Å².